The highest BCUT2D eigenvalue weighted by Crippen LogP contribution is 2.21. The van der Waals surface area contributed by atoms with Gasteiger partial charge in [-0.25, -0.2) is 4.98 Å². The summed E-state index contributed by atoms with van der Waals surface area (Å²) in [6, 6.07) is 0. The van der Waals surface area contributed by atoms with Crippen LogP contribution in [0.4, 0.5) is 5.95 Å². The first-order valence-corrected chi connectivity index (χ1v) is 4.33. The zero-order chi connectivity index (χ0) is 9.68. The summed E-state index contributed by atoms with van der Waals surface area (Å²) in [5.74, 6) is 3.29. The number of nitrogens with one attached hydrogen (secondary N) is 1. The molecule has 0 saturated heterocycles. The Balaban J connectivity index is 2.85. The maximum absolute atomic E-state index is 5.15. The molecule has 68 valence electrons. The van der Waals surface area contributed by atoms with E-state index in [0.29, 0.717) is 16.3 Å². The van der Waals surface area contributed by atoms with Gasteiger partial charge in [0.25, 0.3) is 0 Å². The number of rotatable bonds is 3. The van der Waals surface area contributed by atoms with Crippen LogP contribution in [0.3, 0.4) is 0 Å². The first kappa shape index (κ1) is 9.81. The van der Waals surface area contributed by atoms with Gasteiger partial charge in [0.05, 0.1) is 10.7 Å². The Hall–Kier alpha value is -1.28. The number of ether oxygens (including phenoxy) is 1. The van der Waals surface area contributed by atoms with Gasteiger partial charge in [-0.15, -0.1) is 6.42 Å². The molecule has 1 aromatic rings. The van der Waals surface area contributed by atoms with E-state index in [-0.39, 0.29) is 6.61 Å². The molecule has 0 fully saturated rings. The van der Waals surface area contributed by atoms with Crippen LogP contribution >= 0.6 is 15.9 Å². The molecule has 1 N–H and O–H groups in total. The highest BCUT2D eigenvalue weighted by molar-refractivity contribution is 9.10. The van der Waals surface area contributed by atoms with Crippen molar-refractivity contribution in [2.75, 3.05) is 19.0 Å². The van der Waals surface area contributed by atoms with E-state index in [2.05, 4.69) is 37.1 Å². The van der Waals surface area contributed by atoms with Gasteiger partial charge in [0.15, 0.2) is 6.61 Å². The van der Waals surface area contributed by atoms with Crippen molar-refractivity contribution in [2.45, 2.75) is 0 Å². The Morgan fingerprint density at radius 2 is 2.54 bits per heavy atom. The van der Waals surface area contributed by atoms with Crippen molar-refractivity contribution >= 4 is 21.9 Å². The molecule has 5 heteroatoms. The number of terminal acetylenes is 1. The Kier molecular flexibility index (Phi) is 3.53. The van der Waals surface area contributed by atoms with E-state index in [1.54, 1.807) is 13.2 Å². The molecule has 4 nitrogen and oxygen atoms in total. The first-order chi connectivity index (χ1) is 6.27. The Morgan fingerprint density at radius 1 is 1.77 bits per heavy atom. The molecule has 0 unspecified atom stereocenters. The van der Waals surface area contributed by atoms with E-state index in [4.69, 9.17) is 11.2 Å². The van der Waals surface area contributed by atoms with Gasteiger partial charge in [-0.2, -0.15) is 4.98 Å². The largest absolute Gasteiger partial charge is 0.464 e. The number of halogens is 1. The van der Waals surface area contributed by atoms with E-state index >= 15 is 0 Å². The van der Waals surface area contributed by atoms with Crippen molar-refractivity contribution in [3.05, 3.63) is 10.7 Å². The second kappa shape index (κ2) is 4.67. The Labute approximate surface area is 84.9 Å². The second-order valence-corrected chi connectivity index (χ2v) is 2.94. The highest BCUT2D eigenvalue weighted by Gasteiger charge is 2.03. The third kappa shape index (κ3) is 2.60. The van der Waals surface area contributed by atoms with Crippen LogP contribution in [0.2, 0.25) is 0 Å². The predicted molar refractivity (Wildman–Crippen MR) is 53.6 cm³/mol. The summed E-state index contributed by atoms with van der Waals surface area (Å²) in [6.45, 7) is 0.193. The van der Waals surface area contributed by atoms with E-state index in [9.17, 15) is 0 Å². The van der Waals surface area contributed by atoms with Gasteiger partial charge in [-0.05, 0) is 15.9 Å². The quantitative estimate of drug-likeness (QED) is 0.811. The number of hydrogen-bond acceptors (Lipinski definition) is 4. The Bertz CT molecular complexity index is 335. The van der Waals surface area contributed by atoms with Crippen molar-refractivity contribution in [1.82, 2.24) is 9.97 Å². The SMILES string of the molecule is C#CCOc1nc(NC)ncc1Br. The fourth-order valence-corrected chi connectivity index (χ4v) is 0.989. The summed E-state index contributed by atoms with van der Waals surface area (Å²) in [6.07, 6.45) is 6.65. The van der Waals surface area contributed by atoms with Crippen LogP contribution in [0.25, 0.3) is 0 Å². The second-order valence-electron chi connectivity index (χ2n) is 2.09. The maximum Gasteiger partial charge on any atom is 0.233 e. The molecule has 0 aromatic carbocycles. The van der Waals surface area contributed by atoms with Crippen LogP contribution in [0.1, 0.15) is 0 Å². The summed E-state index contributed by atoms with van der Waals surface area (Å²) >= 11 is 3.24. The van der Waals surface area contributed by atoms with E-state index in [1.807, 2.05) is 0 Å². The summed E-state index contributed by atoms with van der Waals surface area (Å²) in [5, 5.41) is 2.80. The van der Waals surface area contributed by atoms with Gasteiger partial charge in [0.1, 0.15) is 0 Å². The van der Waals surface area contributed by atoms with Crippen LogP contribution in [0.15, 0.2) is 10.7 Å². The van der Waals surface area contributed by atoms with E-state index in [1.165, 1.54) is 0 Å². The minimum absolute atomic E-state index is 0.193. The van der Waals surface area contributed by atoms with Crippen LogP contribution < -0.4 is 10.1 Å². The molecule has 0 aliphatic rings. The van der Waals surface area contributed by atoms with Crippen molar-refractivity contribution < 1.29 is 4.74 Å². The molecule has 13 heavy (non-hydrogen) atoms. The minimum Gasteiger partial charge on any atom is -0.464 e. The van der Waals surface area contributed by atoms with Crippen LogP contribution in [-0.4, -0.2) is 23.6 Å². The lowest BCUT2D eigenvalue weighted by Gasteiger charge is -2.04. The molecule has 1 heterocycles. The lowest BCUT2D eigenvalue weighted by atomic mass is 10.6. The summed E-state index contributed by atoms with van der Waals surface area (Å²) in [4.78, 5) is 8.01. The van der Waals surface area contributed by atoms with Crippen molar-refractivity contribution in [3.8, 4) is 18.2 Å². The van der Waals surface area contributed by atoms with Crippen molar-refractivity contribution in [1.29, 1.82) is 0 Å². The normalized spacial score (nSPS) is 9.00. The van der Waals surface area contributed by atoms with Crippen LogP contribution in [0, 0.1) is 12.3 Å². The molecule has 0 bridgehead atoms. The smallest absolute Gasteiger partial charge is 0.233 e. The highest BCUT2D eigenvalue weighted by atomic mass is 79.9. The zero-order valence-electron chi connectivity index (χ0n) is 7.04. The molecule has 0 atom stereocenters. The van der Waals surface area contributed by atoms with E-state index in [0.717, 1.165) is 0 Å². The van der Waals surface area contributed by atoms with Crippen molar-refractivity contribution in [3.63, 3.8) is 0 Å². The molecular formula is C8H8BrN3O. The fraction of sp³-hybridized carbons (Fsp3) is 0.250. The number of nitrogens with zero attached hydrogens (tertiary/aromatic N) is 2. The standard InChI is InChI=1S/C8H8BrN3O/c1-3-4-13-7-6(9)5-11-8(10-2)12-7/h1,5H,4H2,2H3,(H,10,11,12). The number of aromatic nitrogens is 2. The molecule has 0 radical (unpaired) electrons. The molecule has 0 aliphatic carbocycles. The lowest BCUT2D eigenvalue weighted by molar-refractivity contribution is 0.353. The molecule has 1 aromatic heterocycles. The van der Waals surface area contributed by atoms with Gasteiger partial charge in [-0.3, -0.25) is 0 Å². The molecule has 0 saturated carbocycles. The monoisotopic (exact) mass is 241 g/mol. The summed E-state index contributed by atoms with van der Waals surface area (Å²) < 4.78 is 5.84. The van der Waals surface area contributed by atoms with Gasteiger partial charge >= 0.3 is 0 Å². The van der Waals surface area contributed by atoms with Gasteiger partial charge in [-0.1, -0.05) is 5.92 Å². The average molecular weight is 242 g/mol. The maximum atomic E-state index is 5.15. The molecule has 1 rings (SSSR count). The third-order valence-corrected chi connectivity index (χ3v) is 1.77. The first-order valence-electron chi connectivity index (χ1n) is 3.54. The predicted octanol–water partition coefficient (Wildman–Crippen LogP) is 1.29. The van der Waals surface area contributed by atoms with Crippen LogP contribution in [-0.2, 0) is 0 Å². The molecular weight excluding hydrogens is 234 g/mol. The average Bonchev–Trinajstić information content (AvgIpc) is 2.17. The van der Waals surface area contributed by atoms with Gasteiger partial charge < -0.3 is 10.1 Å². The number of hydrogen-bond donors (Lipinski definition) is 1. The van der Waals surface area contributed by atoms with E-state index < -0.39 is 0 Å². The molecule has 0 aliphatic heterocycles. The summed E-state index contributed by atoms with van der Waals surface area (Å²) in [7, 11) is 1.73. The third-order valence-electron chi connectivity index (χ3n) is 1.23. The topological polar surface area (TPSA) is 47.0 Å². The minimum atomic E-state index is 0.193. The summed E-state index contributed by atoms with van der Waals surface area (Å²) in [5.41, 5.74) is 0. The molecule has 0 amide bonds. The van der Waals surface area contributed by atoms with Gasteiger partial charge in [0.2, 0.25) is 11.8 Å². The van der Waals surface area contributed by atoms with Crippen LogP contribution in [0.5, 0.6) is 5.88 Å². The molecule has 0 spiro atoms. The zero-order valence-corrected chi connectivity index (χ0v) is 8.63. The van der Waals surface area contributed by atoms with Crippen molar-refractivity contribution in [2.24, 2.45) is 0 Å². The fourth-order valence-electron chi connectivity index (χ4n) is 0.683. The lowest BCUT2D eigenvalue weighted by Crippen LogP contribution is -2.01. The number of anilines is 1. The Morgan fingerprint density at radius 3 is 3.15 bits per heavy atom. The van der Waals surface area contributed by atoms with Gasteiger partial charge in [0, 0.05) is 7.05 Å².